The summed E-state index contributed by atoms with van der Waals surface area (Å²) < 4.78 is 5.13. The average Bonchev–Trinajstić information content (AvgIpc) is 2.75. The number of carbonyl (C=O) groups excluding carboxylic acids is 1. The summed E-state index contributed by atoms with van der Waals surface area (Å²) in [6.07, 6.45) is 1.01. The van der Waals surface area contributed by atoms with Crippen LogP contribution in [0.2, 0.25) is 0 Å². The number of hydrogen-bond acceptors (Lipinski definition) is 4. The zero-order valence-electron chi connectivity index (χ0n) is 11.0. The van der Waals surface area contributed by atoms with E-state index in [2.05, 4.69) is 12.6 Å². The number of ether oxygens (including phenoxy) is 1. The maximum atomic E-state index is 12.0. The van der Waals surface area contributed by atoms with Crippen molar-refractivity contribution in [1.82, 2.24) is 4.90 Å². The highest BCUT2D eigenvalue weighted by Crippen LogP contribution is 2.31. The molecule has 1 fully saturated rings. The van der Waals surface area contributed by atoms with Gasteiger partial charge in [-0.15, -0.1) is 0 Å². The number of rotatable bonds is 5. The Morgan fingerprint density at radius 2 is 2.16 bits per heavy atom. The third kappa shape index (κ3) is 3.22. The maximum Gasteiger partial charge on any atom is 0.224 e. The molecule has 1 aromatic rings. The summed E-state index contributed by atoms with van der Waals surface area (Å²) in [5.41, 5.74) is 1.02. The Balaban J connectivity index is 2.21. The Morgan fingerprint density at radius 1 is 1.47 bits per heavy atom. The van der Waals surface area contributed by atoms with E-state index in [1.54, 1.807) is 7.11 Å². The second kappa shape index (κ2) is 6.30. The molecule has 2 rings (SSSR count). The number of nitrogens with zero attached hydrogens (tertiary/aromatic N) is 1. The molecule has 19 heavy (non-hydrogen) atoms. The first-order chi connectivity index (χ1) is 9.15. The van der Waals surface area contributed by atoms with E-state index in [1.165, 1.54) is 0 Å². The van der Waals surface area contributed by atoms with Crippen molar-refractivity contribution in [2.24, 2.45) is 0 Å². The number of amides is 1. The van der Waals surface area contributed by atoms with Gasteiger partial charge < -0.3 is 14.7 Å². The van der Waals surface area contributed by atoms with Crippen molar-refractivity contribution >= 4 is 18.5 Å². The zero-order chi connectivity index (χ0) is 13.8. The molecule has 1 amide bonds. The molecule has 0 bridgehead atoms. The Labute approximate surface area is 118 Å². The van der Waals surface area contributed by atoms with Crippen LogP contribution < -0.4 is 4.74 Å². The molecule has 1 aromatic carbocycles. The minimum Gasteiger partial charge on any atom is -0.497 e. The van der Waals surface area contributed by atoms with Crippen LogP contribution in [0.1, 0.15) is 24.4 Å². The molecular formula is C14H19NO3S. The molecule has 0 aliphatic carbocycles. The summed E-state index contributed by atoms with van der Waals surface area (Å²) in [6, 6.07) is 7.55. The van der Waals surface area contributed by atoms with Crippen LogP contribution in [-0.2, 0) is 4.79 Å². The molecule has 1 N–H and O–H groups in total. The van der Waals surface area contributed by atoms with Crippen molar-refractivity contribution in [3.63, 3.8) is 0 Å². The molecule has 0 radical (unpaired) electrons. The monoisotopic (exact) mass is 281 g/mol. The van der Waals surface area contributed by atoms with Gasteiger partial charge in [-0.05, 0) is 24.1 Å². The van der Waals surface area contributed by atoms with Crippen molar-refractivity contribution in [2.45, 2.75) is 24.1 Å². The Morgan fingerprint density at radius 3 is 2.63 bits per heavy atom. The van der Waals surface area contributed by atoms with Gasteiger partial charge in [0.05, 0.1) is 13.2 Å². The largest absolute Gasteiger partial charge is 0.497 e. The standard InChI is InChI=1S/C14H19NO3S/c1-18-11-4-2-10(3-5-11)13(6-7-16)15-9-12(19)8-14(15)17/h2-5,12-13,16,19H,6-9H2,1H3. The van der Waals surface area contributed by atoms with Gasteiger partial charge >= 0.3 is 0 Å². The van der Waals surface area contributed by atoms with Crippen LogP contribution in [0.3, 0.4) is 0 Å². The number of methoxy groups -OCH3 is 1. The Kier molecular flexibility index (Phi) is 4.71. The van der Waals surface area contributed by atoms with Crippen molar-refractivity contribution in [3.05, 3.63) is 29.8 Å². The van der Waals surface area contributed by atoms with E-state index in [-0.39, 0.29) is 23.8 Å². The predicted molar refractivity (Wildman–Crippen MR) is 76.5 cm³/mol. The maximum absolute atomic E-state index is 12.0. The van der Waals surface area contributed by atoms with Crippen molar-refractivity contribution in [1.29, 1.82) is 0 Å². The first kappa shape index (κ1) is 14.2. The summed E-state index contributed by atoms with van der Waals surface area (Å²) >= 11 is 4.37. The molecule has 0 aromatic heterocycles. The molecule has 2 unspecified atom stereocenters. The summed E-state index contributed by atoms with van der Waals surface area (Å²) in [5.74, 6) is 0.889. The van der Waals surface area contributed by atoms with Gasteiger partial charge in [0.2, 0.25) is 5.91 Å². The normalized spacial score (nSPS) is 20.7. The molecule has 5 heteroatoms. The van der Waals surface area contributed by atoms with Crippen LogP contribution in [0.25, 0.3) is 0 Å². The molecule has 2 atom stereocenters. The van der Waals surface area contributed by atoms with Gasteiger partial charge in [0.25, 0.3) is 0 Å². The highest BCUT2D eigenvalue weighted by molar-refractivity contribution is 7.81. The lowest BCUT2D eigenvalue weighted by atomic mass is 10.0. The lowest BCUT2D eigenvalue weighted by Gasteiger charge is -2.28. The van der Waals surface area contributed by atoms with Gasteiger partial charge in [-0.1, -0.05) is 12.1 Å². The van der Waals surface area contributed by atoms with Crippen LogP contribution in [0.15, 0.2) is 24.3 Å². The highest BCUT2D eigenvalue weighted by Gasteiger charge is 2.33. The van der Waals surface area contributed by atoms with Crippen LogP contribution >= 0.6 is 12.6 Å². The van der Waals surface area contributed by atoms with E-state index in [0.717, 1.165) is 11.3 Å². The summed E-state index contributed by atoms with van der Waals surface area (Å²) in [4.78, 5) is 13.8. The number of aliphatic hydroxyl groups is 1. The van der Waals surface area contributed by atoms with E-state index in [4.69, 9.17) is 4.74 Å². The quantitative estimate of drug-likeness (QED) is 0.807. The lowest BCUT2D eigenvalue weighted by molar-refractivity contribution is -0.130. The molecule has 1 aliphatic rings. The summed E-state index contributed by atoms with van der Waals surface area (Å²) in [7, 11) is 1.62. The van der Waals surface area contributed by atoms with Gasteiger partial charge in [0.1, 0.15) is 5.75 Å². The fraction of sp³-hybridized carbons (Fsp3) is 0.500. The van der Waals surface area contributed by atoms with Crippen molar-refractivity contribution < 1.29 is 14.6 Å². The lowest BCUT2D eigenvalue weighted by Crippen LogP contribution is -2.31. The second-order valence-electron chi connectivity index (χ2n) is 4.71. The van der Waals surface area contributed by atoms with Crippen LogP contribution in [-0.4, -0.2) is 41.4 Å². The number of aliphatic hydroxyl groups excluding tert-OH is 1. The van der Waals surface area contributed by atoms with Crippen LogP contribution in [0.5, 0.6) is 5.75 Å². The summed E-state index contributed by atoms with van der Waals surface area (Å²) in [6.45, 7) is 0.691. The molecule has 104 valence electrons. The molecule has 1 heterocycles. The Hall–Kier alpha value is -1.20. The Bertz CT molecular complexity index is 435. The highest BCUT2D eigenvalue weighted by atomic mass is 32.1. The third-order valence-electron chi connectivity index (χ3n) is 3.42. The number of thiol groups is 1. The molecule has 1 aliphatic heterocycles. The second-order valence-corrected chi connectivity index (χ2v) is 5.44. The van der Waals surface area contributed by atoms with Gasteiger partial charge in [-0.25, -0.2) is 0 Å². The summed E-state index contributed by atoms with van der Waals surface area (Å²) in [5, 5.41) is 9.32. The molecule has 1 saturated heterocycles. The van der Waals surface area contributed by atoms with Crippen molar-refractivity contribution in [2.75, 3.05) is 20.3 Å². The first-order valence-corrected chi connectivity index (χ1v) is 6.89. The van der Waals surface area contributed by atoms with E-state index in [0.29, 0.717) is 19.4 Å². The third-order valence-corrected chi connectivity index (χ3v) is 3.76. The number of hydrogen-bond donors (Lipinski definition) is 2. The van der Waals surface area contributed by atoms with Gasteiger partial charge in [-0.3, -0.25) is 4.79 Å². The predicted octanol–water partition coefficient (Wildman–Crippen LogP) is 1.65. The minimum atomic E-state index is -0.0828. The average molecular weight is 281 g/mol. The molecular weight excluding hydrogens is 262 g/mol. The zero-order valence-corrected chi connectivity index (χ0v) is 11.8. The van der Waals surface area contributed by atoms with Gasteiger partial charge in [0, 0.05) is 24.8 Å². The van der Waals surface area contributed by atoms with E-state index < -0.39 is 0 Å². The fourth-order valence-corrected chi connectivity index (χ4v) is 2.80. The van der Waals surface area contributed by atoms with Crippen LogP contribution in [0.4, 0.5) is 0 Å². The number of likely N-dealkylation sites (tertiary alicyclic amines) is 1. The minimum absolute atomic E-state index is 0.0533. The SMILES string of the molecule is COc1ccc(C(CCO)N2CC(S)CC2=O)cc1. The van der Waals surface area contributed by atoms with Crippen molar-refractivity contribution in [3.8, 4) is 5.75 Å². The smallest absolute Gasteiger partial charge is 0.224 e. The van der Waals surface area contributed by atoms with Gasteiger partial charge in [-0.2, -0.15) is 12.6 Å². The first-order valence-electron chi connectivity index (χ1n) is 6.38. The van der Waals surface area contributed by atoms with Gasteiger partial charge in [0.15, 0.2) is 0 Å². The van der Waals surface area contributed by atoms with E-state index >= 15 is 0 Å². The molecule has 0 saturated carbocycles. The van der Waals surface area contributed by atoms with E-state index in [1.807, 2.05) is 29.2 Å². The van der Waals surface area contributed by atoms with Crippen LogP contribution in [0, 0.1) is 0 Å². The molecule has 0 spiro atoms. The number of benzene rings is 1. The topological polar surface area (TPSA) is 49.8 Å². The molecule has 4 nitrogen and oxygen atoms in total. The number of carbonyl (C=O) groups is 1. The van der Waals surface area contributed by atoms with E-state index in [9.17, 15) is 9.90 Å². The fourth-order valence-electron chi connectivity index (χ4n) is 2.46.